The van der Waals surface area contributed by atoms with Crippen molar-refractivity contribution in [3.63, 3.8) is 0 Å². The molecule has 0 atom stereocenters. The molecule has 0 N–H and O–H groups in total. The zero-order chi connectivity index (χ0) is 13.4. The first kappa shape index (κ1) is 14.3. The second-order valence-electron chi connectivity index (χ2n) is 3.82. The fourth-order valence-electron chi connectivity index (χ4n) is 1.13. The Morgan fingerprint density at radius 3 is 2.06 bits per heavy atom. The van der Waals surface area contributed by atoms with E-state index in [2.05, 4.69) is 25.9 Å². The molecule has 0 saturated heterocycles. The van der Waals surface area contributed by atoms with E-state index in [0.717, 1.165) is 15.9 Å². The van der Waals surface area contributed by atoms with E-state index in [1.807, 2.05) is 50.4 Å². The van der Waals surface area contributed by atoms with Crippen LogP contribution in [0.3, 0.4) is 0 Å². The summed E-state index contributed by atoms with van der Waals surface area (Å²) in [5.41, 5.74) is 3.16. The molecule has 2 aromatic rings. The Labute approximate surface area is 116 Å². The van der Waals surface area contributed by atoms with Gasteiger partial charge in [0.2, 0.25) is 0 Å². The van der Waals surface area contributed by atoms with Crippen molar-refractivity contribution >= 4 is 15.9 Å². The lowest BCUT2D eigenvalue weighted by Gasteiger charge is -1.92. The number of hydrogen-bond donors (Lipinski definition) is 0. The molecule has 92 valence electrons. The fraction of sp³-hybridized carbons (Fsp3) is 0.214. The molecule has 2 aromatic heterocycles. The Hall–Kier alpha value is -1.73. The van der Waals surface area contributed by atoms with Crippen molar-refractivity contribution in [2.24, 2.45) is 0 Å². The predicted molar refractivity (Wildman–Crippen MR) is 75.0 cm³/mol. The number of pyridine rings is 2. The lowest BCUT2D eigenvalue weighted by molar-refractivity contribution is 1.10. The Bertz CT molecular complexity index is 491. The molecule has 0 aliphatic rings. The van der Waals surface area contributed by atoms with Crippen LogP contribution >= 0.6 is 15.9 Å². The van der Waals surface area contributed by atoms with E-state index in [-0.39, 0.29) is 0 Å². The maximum absolute atomic E-state index is 8.30. The van der Waals surface area contributed by atoms with Crippen LogP contribution in [0.2, 0.25) is 0 Å². The van der Waals surface area contributed by atoms with Gasteiger partial charge in [0, 0.05) is 12.4 Å². The molecule has 2 rings (SSSR count). The minimum absolute atomic E-state index is 0.403. The summed E-state index contributed by atoms with van der Waals surface area (Å²) in [6.45, 7) is 3.99. The van der Waals surface area contributed by atoms with Crippen LogP contribution in [-0.2, 0) is 6.42 Å². The zero-order valence-corrected chi connectivity index (χ0v) is 12.0. The van der Waals surface area contributed by atoms with Gasteiger partial charge in [-0.3, -0.25) is 4.98 Å². The molecule has 0 spiro atoms. The second kappa shape index (κ2) is 7.57. The Kier molecular flexibility index (Phi) is 6.03. The molecule has 0 aliphatic heterocycles. The van der Waals surface area contributed by atoms with Crippen LogP contribution in [0.1, 0.15) is 16.8 Å². The Morgan fingerprint density at radius 2 is 1.67 bits per heavy atom. The first-order valence-electron chi connectivity index (χ1n) is 5.48. The van der Waals surface area contributed by atoms with Gasteiger partial charge in [-0.25, -0.2) is 4.98 Å². The third-order valence-electron chi connectivity index (χ3n) is 2.11. The highest BCUT2D eigenvalue weighted by Crippen LogP contribution is 2.04. The molecule has 18 heavy (non-hydrogen) atoms. The third kappa shape index (κ3) is 5.55. The van der Waals surface area contributed by atoms with Crippen LogP contribution in [0.5, 0.6) is 0 Å². The molecule has 0 fully saturated rings. The standard InChI is InChI=1S/C8H8N2.C6H6BrN/c1-7-2-3-8(4-5-9)10-6-7;1-5-2-3-6(7)8-4-5/h2-3,6H,4H2,1H3;2-4H,1H3. The van der Waals surface area contributed by atoms with E-state index in [4.69, 9.17) is 5.26 Å². The van der Waals surface area contributed by atoms with Crippen molar-refractivity contribution in [3.05, 3.63) is 58.1 Å². The lowest BCUT2D eigenvalue weighted by atomic mass is 10.2. The average Bonchev–Trinajstić information content (AvgIpc) is 2.37. The SMILES string of the molecule is Cc1ccc(Br)nc1.Cc1ccc(CC#N)nc1. The molecule has 2 heterocycles. The highest BCUT2D eigenvalue weighted by molar-refractivity contribution is 9.10. The highest BCUT2D eigenvalue weighted by Gasteiger charge is 1.89. The molecular weight excluding hydrogens is 290 g/mol. The zero-order valence-electron chi connectivity index (χ0n) is 10.4. The molecule has 0 saturated carbocycles. The maximum atomic E-state index is 8.30. The van der Waals surface area contributed by atoms with Gasteiger partial charge in [-0.2, -0.15) is 5.26 Å². The van der Waals surface area contributed by atoms with E-state index in [1.165, 1.54) is 5.56 Å². The van der Waals surface area contributed by atoms with Crippen molar-refractivity contribution in [2.45, 2.75) is 20.3 Å². The molecule has 0 bridgehead atoms. The van der Waals surface area contributed by atoms with Crippen LogP contribution in [0, 0.1) is 25.2 Å². The molecule has 0 unspecified atom stereocenters. The number of nitriles is 1. The van der Waals surface area contributed by atoms with Gasteiger partial charge >= 0.3 is 0 Å². The predicted octanol–water partition coefficient (Wildman–Crippen LogP) is 3.61. The van der Waals surface area contributed by atoms with Gasteiger partial charge in [0.25, 0.3) is 0 Å². The van der Waals surface area contributed by atoms with E-state index in [1.54, 1.807) is 6.20 Å². The van der Waals surface area contributed by atoms with Gasteiger partial charge in [0.05, 0.1) is 18.2 Å². The third-order valence-corrected chi connectivity index (χ3v) is 2.58. The van der Waals surface area contributed by atoms with Crippen molar-refractivity contribution < 1.29 is 0 Å². The van der Waals surface area contributed by atoms with Crippen LogP contribution in [0.4, 0.5) is 0 Å². The Morgan fingerprint density at radius 1 is 1.06 bits per heavy atom. The number of rotatable bonds is 1. The molecule has 0 aromatic carbocycles. The van der Waals surface area contributed by atoms with Crippen LogP contribution in [-0.4, -0.2) is 9.97 Å². The normalized spacial score (nSPS) is 9.00. The van der Waals surface area contributed by atoms with E-state index in [9.17, 15) is 0 Å². The summed E-state index contributed by atoms with van der Waals surface area (Å²) in [4.78, 5) is 8.04. The number of nitrogens with zero attached hydrogens (tertiary/aromatic N) is 3. The maximum Gasteiger partial charge on any atom is 0.106 e. The molecule has 0 aliphatic carbocycles. The summed E-state index contributed by atoms with van der Waals surface area (Å²) < 4.78 is 0.892. The van der Waals surface area contributed by atoms with Crippen LogP contribution < -0.4 is 0 Å². The largest absolute Gasteiger partial charge is 0.260 e. The quantitative estimate of drug-likeness (QED) is 0.756. The lowest BCUT2D eigenvalue weighted by Crippen LogP contribution is -1.86. The van der Waals surface area contributed by atoms with Crippen LogP contribution in [0.25, 0.3) is 0 Å². The minimum Gasteiger partial charge on any atom is -0.260 e. The summed E-state index contributed by atoms with van der Waals surface area (Å²) >= 11 is 3.23. The van der Waals surface area contributed by atoms with Crippen molar-refractivity contribution in [1.82, 2.24) is 9.97 Å². The first-order valence-corrected chi connectivity index (χ1v) is 6.28. The smallest absolute Gasteiger partial charge is 0.106 e. The number of halogens is 1. The van der Waals surface area contributed by atoms with Gasteiger partial charge in [-0.1, -0.05) is 12.1 Å². The summed E-state index contributed by atoms with van der Waals surface area (Å²) in [5.74, 6) is 0. The molecule has 0 radical (unpaired) electrons. The Balaban J connectivity index is 0.000000184. The summed E-state index contributed by atoms with van der Waals surface area (Å²) in [5, 5.41) is 8.30. The van der Waals surface area contributed by atoms with Gasteiger partial charge in [-0.05, 0) is 53.0 Å². The van der Waals surface area contributed by atoms with E-state index < -0.39 is 0 Å². The van der Waals surface area contributed by atoms with Crippen molar-refractivity contribution in [3.8, 4) is 6.07 Å². The second-order valence-corrected chi connectivity index (χ2v) is 4.63. The summed E-state index contributed by atoms with van der Waals surface area (Å²) in [7, 11) is 0. The minimum atomic E-state index is 0.403. The molecular formula is C14H14BrN3. The van der Waals surface area contributed by atoms with Gasteiger partial charge in [-0.15, -0.1) is 0 Å². The highest BCUT2D eigenvalue weighted by atomic mass is 79.9. The van der Waals surface area contributed by atoms with Gasteiger partial charge in [0.1, 0.15) is 4.60 Å². The fourth-order valence-corrected chi connectivity index (χ4v) is 1.37. The van der Waals surface area contributed by atoms with Crippen LogP contribution in [0.15, 0.2) is 41.3 Å². The summed E-state index contributed by atoms with van der Waals surface area (Å²) in [6.07, 6.45) is 4.00. The van der Waals surface area contributed by atoms with Gasteiger partial charge < -0.3 is 0 Å². The van der Waals surface area contributed by atoms with Crippen molar-refractivity contribution in [1.29, 1.82) is 5.26 Å². The summed E-state index contributed by atoms with van der Waals surface area (Å²) in [6, 6.07) is 9.81. The molecule has 3 nitrogen and oxygen atoms in total. The van der Waals surface area contributed by atoms with E-state index in [0.29, 0.717) is 6.42 Å². The van der Waals surface area contributed by atoms with Crippen molar-refractivity contribution in [2.75, 3.05) is 0 Å². The average molecular weight is 304 g/mol. The monoisotopic (exact) mass is 303 g/mol. The van der Waals surface area contributed by atoms with Gasteiger partial charge in [0.15, 0.2) is 0 Å². The topological polar surface area (TPSA) is 49.6 Å². The molecule has 0 amide bonds. The number of aryl methyl sites for hydroxylation is 2. The number of hydrogen-bond acceptors (Lipinski definition) is 3. The first-order chi connectivity index (χ1) is 8.61. The van der Waals surface area contributed by atoms with E-state index >= 15 is 0 Å². The molecule has 4 heteroatoms. The number of aromatic nitrogens is 2.